The number of ketones is 1. The summed E-state index contributed by atoms with van der Waals surface area (Å²) < 4.78 is 16.6. The molecule has 0 atom stereocenters. The van der Waals surface area contributed by atoms with Gasteiger partial charge in [-0.25, -0.2) is 14.4 Å². The molecule has 1 aromatic carbocycles. The van der Waals surface area contributed by atoms with Crippen molar-refractivity contribution >= 4 is 23.7 Å². The second kappa shape index (κ2) is 8.52. The van der Waals surface area contributed by atoms with Gasteiger partial charge in [-0.2, -0.15) is 0 Å². The molecule has 30 heavy (non-hydrogen) atoms. The lowest BCUT2D eigenvalue weighted by Crippen LogP contribution is -2.20. The maximum absolute atomic E-state index is 13.6. The van der Waals surface area contributed by atoms with E-state index in [4.69, 9.17) is 14.2 Å². The molecule has 1 aliphatic rings. The summed E-state index contributed by atoms with van der Waals surface area (Å²) in [4.78, 5) is 51.2. The fourth-order valence-corrected chi connectivity index (χ4v) is 3.70. The number of hydrogen-bond acceptors (Lipinski definition) is 7. The minimum atomic E-state index is -0.817. The molecule has 0 unspecified atom stereocenters. The summed E-state index contributed by atoms with van der Waals surface area (Å²) in [5, 5.41) is 0. The van der Waals surface area contributed by atoms with E-state index in [2.05, 4.69) is 0 Å². The van der Waals surface area contributed by atoms with Crippen molar-refractivity contribution in [3.63, 3.8) is 0 Å². The van der Waals surface area contributed by atoms with E-state index < -0.39 is 23.7 Å². The molecule has 0 bridgehead atoms. The van der Waals surface area contributed by atoms with Crippen LogP contribution in [0.5, 0.6) is 0 Å². The first-order chi connectivity index (χ1) is 14.3. The lowest BCUT2D eigenvalue weighted by Gasteiger charge is -2.13. The zero-order chi connectivity index (χ0) is 22.0. The third-order valence-corrected chi connectivity index (χ3v) is 4.89. The molecule has 158 valence electrons. The Morgan fingerprint density at radius 3 is 2.10 bits per heavy atom. The van der Waals surface area contributed by atoms with E-state index in [0.29, 0.717) is 25.1 Å². The van der Waals surface area contributed by atoms with Gasteiger partial charge < -0.3 is 18.8 Å². The first-order valence-electron chi connectivity index (χ1n) is 9.58. The molecule has 0 N–H and O–H groups in total. The molecule has 0 amide bonds. The molecule has 2 aromatic rings. The molecule has 0 saturated carbocycles. The molecule has 3 rings (SSSR count). The number of rotatable bonds is 6. The number of methoxy groups -OCH3 is 2. The summed E-state index contributed by atoms with van der Waals surface area (Å²) in [7, 11) is 2.38. The van der Waals surface area contributed by atoms with Gasteiger partial charge in [-0.3, -0.25) is 4.79 Å². The Labute approximate surface area is 173 Å². The van der Waals surface area contributed by atoms with Crippen molar-refractivity contribution in [3.05, 3.63) is 57.9 Å². The molecule has 2 heterocycles. The van der Waals surface area contributed by atoms with E-state index in [0.717, 1.165) is 0 Å². The standard InChI is InChI=1S/C22H23NO7/c1-12(2)30-20(25)14-9-6-5-8-13(14)19(24)18-17(22(27)29-4)16(21(26)28-3)15-10-7-11-23(15)18/h5-6,8-9,12H,7,10-11H2,1-4H3. The van der Waals surface area contributed by atoms with Gasteiger partial charge in [0, 0.05) is 17.8 Å². The predicted molar refractivity (Wildman–Crippen MR) is 106 cm³/mol. The summed E-state index contributed by atoms with van der Waals surface area (Å²) in [6.07, 6.45) is 0.853. The smallest absolute Gasteiger partial charge is 0.341 e. The van der Waals surface area contributed by atoms with Crippen LogP contribution < -0.4 is 0 Å². The first-order valence-corrected chi connectivity index (χ1v) is 9.58. The fourth-order valence-electron chi connectivity index (χ4n) is 3.70. The number of esters is 3. The van der Waals surface area contributed by atoms with Crippen molar-refractivity contribution in [2.24, 2.45) is 0 Å². The summed E-state index contributed by atoms with van der Waals surface area (Å²) in [5.41, 5.74) is 0.619. The summed E-state index contributed by atoms with van der Waals surface area (Å²) in [6, 6.07) is 6.22. The van der Waals surface area contributed by atoms with Gasteiger partial charge in [0.1, 0.15) is 11.3 Å². The molecule has 0 radical (unpaired) electrons. The van der Waals surface area contributed by atoms with Crippen LogP contribution in [0.15, 0.2) is 24.3 Å². The van der Waals surface area contributed by atoms with Crippen LogP contribution in [-0.2, 0) is 27.2 Å². The van der Waals surface area contributed by atoms with Gasteiger partial charge in [-0.15, -0.1) is 0 Å². The molecule has 8 heteroatoms. The number of ether oxygens (including phenoxy) is 3. The minimum Gasteiger partial charge on any atom is -0.465 e. The average Bonchev–Trinajstić information content (AvgIpc) is 3.31. The summed E-state index contributed by atoms with van der Waals surface area (Å²) in [5.74, 6) is -2.74. The van der Waals surface area contributed by atoms with Crippen molar-refractivity contribution in [2.45, 2.75) is 39.3 Å². The monoisotopic (exact) mass is 413 g/mol. The Balaban J connectivity index is 2.23. The van der Waals surface area contributed by atoms with Crippen LogP contribution in [0.3, 0.4) is 0 Å². The molecule has 0 aliphatic carbocycles. The molecular weight excluding hydrogens is 390 g/mol. The van der Waals surface area contributed by atoms with E-state index in [-0.39, 0.29) is 34.1 Å². The highest BCUT2D eigenvalue weighted by atomic mass is 16.5. The van der Waals surface area contributed by atoms with Crippen LogP contribution in [0.4, 0.5) is 0 Å². The largest absolute Gasteiger partial charge is 0.465 e. The van der Waals surface area contributed by atoms with E-state index in [1.807, 2.05) is 0 Å². The predicted octanol–water partition coefficient (Wildman–Crippen LogP) is 2.80. The van der Waals surface area contributed by atoms with Gasteiger partial charge in [0.2, 0.25) is 5.78 Å². The lowest BCUT2D eigenvalue weighted by atomic mass is 9.97. The van der Waals surface area contributed by atoms with Crippen molar-refractivity contribution in [3.8, 4) is 0 Å². The van der Waals surface area contributed by atoms with Crippen molar-refractivity contribution in [2.75, 3.05) is 14.2 Å². The maximum atomic E-state index is 13.6. The van der Waals surface area contributed by atoms with Gasteiger partial charge in [0.15, 0.2) is 0 Å². The minimum absolute atomic E-state index is 0.0135. The molecule has 0 fully saturated rings. The van der Waals surface area contributed by atoms with Crippen molar-refractivity contribution < 1.29 is 33.4 Å². The van der Waals surface area contributed by atoms with Crippen LogP contribution >= 0.6 is 0 Å². The van der Waals surface area contributed by atoms with Crippen LogP contribution in [0, 0.1) is 0 Å². The summed E-state index contributed by atoms with van der Waals surface area (Å²) in [6.45, 7) is 3.87. The Kier molecular flexibility index (Phi) is 6.05. The van der Waals surface area contributed by atoms with E-state index in [1.54, 1.807) is 30.5 Å². The van der Waals surface area contributed by atoms with Crippen LogP contribution in [0.2, 0.25) is 0 Å². The molecular formula is C22H23NO7. The molecule has 1 aromatic heterocycles. The average molecular weight is 413 g/mol. The Morgan fingerprint density at radius 1 is 0.900 bits per heavy atom. The quantitative estimate of drug-likeness (QED) is 0.408. The zero-order valence-electron chi connectivity index (χ0n) is 17.3. The summed E-state index contributed by atoms with van der Waals surface area (Å²) >= 11 is 0. The van der Waals surface area contributed by atoms with Gasteiger partial charge in [-0.1, -0.05) is 18.2 Å². The highest BCUT2D eigenvalue weighted by Crippen LogP contribution is 2.32. The van der Waals surface area contributed by atoms with Crippen LogP contribution in [-0.4, -0.2) is 48.6 Å². The Hall–Kier alpha value is -3.42. The van der Waals surface area contributed by atoms with Crippen molar-refractivity contribution in [1.82, 2.24) is 4.57 Å². The van der Waals surface area contributed by atoms with Gasteiger partial charge in [0.05, 0.1) is 31.5 Å². The second-order valence-electron chi connectivity index (χ2n) is 7.11. The number of nitrogens with zero attached hydrogens (tertiary/aromatic N) is 1. The second-order valence-corrected chi connectivity index (χ2v) is 7.11. The third-order valence-electron chi connectivity index (χ3n) is 4.89. The van der Waals surface area contributed by atoms with E-state index >= 15 is 0 Å². The van der Waals surface area contributed by atoms with Gasteiger partial charge in [-0.05, 0) is 32.8 Å². The maximum Gasteiger partial charge on any atom is 0.341 e. The number of aromatic nitrogens is 1. The van der Waals surface area contributed by atoms with Gasteiger partial charge in [0.25, 0.3) is 0 Å². The Bertz CT molecular complexity index is 1030. The number of carbonyl (C=O) groups is 4. The van der Waals surface area contributed by atoms with Crippen molar-refractivity contribution in [1.29, 1.82) is 0 Å². The van der Waals surface area contributed by atoms with Crippen LogP contribution in [0.1, 0.15) is 73.1 Å². The Morgan fingerprint density at radius 2 is 1.50 bits per heavy atom. The third kappa shape index (κ3) is 3.60. The zero-order valence-corrected chi connectivity index (χ0v) is 17.3. The highest BCUT2D eigenvalue weighted by molar-refractivity contribution is 6.20. The molecule has 0 spiro atoms. The van der Waals surface area contributed by atoms with Gasteiger partial charge >= 0.3 is 17.9 Å². The molecule has 8 nitrogen and oxygen atoms in total. The number of benzene rings is 1. The number of carbonyl (C=O) groups excluding carboxylic acids is 4. The van der Waals surface area contributed by atoms with E-state index in [9.17, 15) is 19.2 Å². The number of hydrogen-bond donors (Lipinski definition) is 0. The highest BCUT2D eigenvalue weighted by Gasteiger charge is 2.38. The number of fused-ring (bicyclic) bond motifs is 1. The first kappa shape index (κ1) is 21.3. The molecule has 0 saturated heterocycles. The van der Waals surface area contributed by atoms with Crippen LogP contribution in [0.25, 0.3) is 0 Å². The SMILES string of the molecule is COC(=O)c1c(C(=O)OC)c(C(=O)c2ccccc2C(=O)OC(C)C)n2c1CCC2. The van der Waals surface area contributed by atoms with E-state index in [1.165, 1.54) is 26.4 Å². The topological polar surface area (TPSA) is 101 Å². The lowest BCUT2D eigenvalue weighted by molar-refractivity contribution is 0.0375. The normalized spacial score (nSPS) is 12.4. The molecule has 1 aliphatic heterocycles. The fraction of sp³-hybridized carbons (Fsp3) is 0.364.